The lowest BCUT2D eigenvalue weighted by atomic mass is 10.2. The number of anilines is 3. The van der Waals surface area contributed by atoms with E-state index in [0.717, 1.165) is 54.5 Å². The molecule has 2 aromatic carbocycles. The van der Waals surface area contributed by atoms with Gasteiger partial charge in [0, 0.05) is 36.3 Å². The van der Waals surface area contributed by atoms with Crippen LogP contribution in [0.25, 0.3) is 16.8 Å². The number of hydrogen-bond donors (Lipinski definition) is 1. The van der Waals surface area contributed by atoms with Gasteiger partial charge in [0.2, 0.25) is 5.95 Å². The van der Waals surface area contributed by atoms with Crippen LogP contribution in [0, 0.1) is 0 Å². The number of hydrogen-bond acceptors (Lipinski definition) is 7. The third-order valence-corrected chi connectivity index (χ3v) is 6.57. The fourth-order valence-electron chi connectivity index (χ4n) is 3.77. The zero-order valence-electron chi connectivity index (χ0n) is 17.6. The van der Waals surface area contributed by atoms with Crippen LogP contribution in [-0.4, -0.2) is 55.6 Å². The van der Waals surface area contributed by atoms with E-state index in [2.05, 4.69) is 32.4 Å². The maximum atomic E-state index is 11.9. The minimum Gasteiger partial charge on any atom is -0.378 e. The summed E-state index contributed by atoms with van der Waals surface area (Å²) >= 11 is 0. The van der Waals surface area contributed by atoms with Crippen LogP contribution in [0.4, 0.5) is 17.3 Å². The molecule has 1 aliphatic rings. The fraction of sp³-hybridized carbons (Fsp3) is 0.217. The van der Waals surface area contributed by atoms with E-state index in [0.29, 0.717) is 5.95 Å². The van der Waals surface area contributed by atoms with Crippen LogP contribution in [0.1, 0.15) is 0 Å². The summed E-state index contributed by atoms with van der Waals surface area (Å²) < 4.78 is 31.1. The molecule has 5 rings (SSSR count). The molecule has 0 spiro atoms. The van der Waals surface area contributed by atoms with Crippen LogP contribution in [-0.2, 0) is 14.6 Å². The number of fused-ring (bicyclic) bond motifs is 1. The predicted octanol–water partition coefficient (Wildman–Crippen LogP) is 3.38. The van der Waals surface area contributed by atoms with Crippen molar-refractivity contribution in [1.82, 2.24) is 14.6 Å². The highest BCUT2D eigenvalue weighted by molar-refractivity contribution is 7.90. The van der Waals surface area contributed by atoms with Crippen molar-refractivity contribution in [3.8, 4) is 11.3 Å². The number of benzene rings is 2. The number of nitrogens with zero attached hydrogens (tertiary/aromatic N) is 4. The topological polar surface area (TPSA) is 88.8 Å². The van der Waals surface area contributed by atoms with Gasteiger partial charge in [0.25, 0.3) is 0 Å². The highest BCUT2D eigenvalue weighted by Gasteiger charge is 2.13. The predicted molar refractivity (Wildman–Crippen MR) is 124 cm³/mol. The SMILES string of the molecule is CS(=O)(=O)c1cccc(-c2ccc3cnc(Nc4ccc(N5CCOCC5)cc4)nn23)c1. The first kappa shape index (κ1) is 20.5. The van der Waals surface area contributed by atoms with E-state index in [4.69, 9.17) is 4.74 Å². The smallest absolute Gasteiger partial charge is 0.245 e. The van der Waals surface area contributed by atoms with Crippen molar-refractivity contribution >= 4 is 32.7 Å². The Bertz CT molecular complexity index is 1360. The van der Waals surface area contributed by atoms with Gasteiger partial charge >= 0.3 is 0 Å². The Morgan fingerprint density at radius 2 is 1.78 bits per heavy atom. The summed E-state index contributed by atoms with van der Waals surface area (Å²) in [6.07, 6.45) is 2.94. The van der Waals surface area contributed by atoms with E-state index >= 15 is 0 Å². The van der Waals surface area contributed by atoms with Crippen LogP contribution in [0.15, 0.2) is 71.8 Å². The van der Waals surface area contributed by atoms with Crippen molar-refractivity contribution in [2.24, 2.45) is 0 Å². The van der Waals surface area contributed by atoms with Crippen LogP contribution in [0.3, 0.4) is 0 Å². The number of morpholine rings is 1. The van der Waals surface area contributed by atoms with Gasteiger partial charge in [0.05, 0.1) is 35.5 Å². The molecule has 0 amide bonds. The van der Waals surface area contributed by atoms with Crippen molar-refractivity contribution in [2.75, 3.05) is 42.8 Å². The summed E-state index contributed by atoms with van der Waals surface area (Å²) in [7, 11) is -3.30. The number of ether oxygens (including phenoxy) is 1. The van der Waals surface area contributed by atoms with E-state index in [1.165, 1.54) is 6.26 Å². The van der Waals surface area contributed by atoms with Gasteiger partial charge in [0.1, 0.15) is 0 Å². The van der Waals surface area contributed by atoms with E-state index < -0.39 is 9.84 Å². The van der Waals surface area contributed by atoms with Crippen LogP contribution in [0.5, 0.6) is 0 Å². The van der Waals surface area contributed by atoms with E-state index in [1.807, 2.05) is 30.3 Å². The summed E-state index contributed by atoms with van der Waals surface area (Å²) in [6, 6.07) is 18.8. The van der Waals surface area contributed by atoms with Gasteiger partial charge in [-0.15, -0.1) is 5.10 Å². The first-order valence-electron chi connectivity index (χ1n) is 10.3. The zero-order valence-corrected chi connectivity index (χ0v) is 18.4. The highest BCUT2D eigenvalue weighted by atomic mass is 32.2. The van der Waals surface area contributed by atoms with E-state index in [1.54, 1.807) is 28.9 Å². The molecule has 1 N–H and O–H groups in total. The summed E-state index contributed by atoms with van der Waals surface area (Å²) in [5.41, 5.74) is 4.42. The Morgan fingerprint density at radius 3 is 2.53 bits per heavy atom. The second-order valence-corrected chi connectivity index (χ2v) is 9.72. The molecule has 0 atom stereocenters. The molecule has 0 saturated carbocycles. The van der Waals surface area contributed by atoms with Gasteiger partial charge in [-0.25, -0.2) is 17.9 Å². The Kier molecular flexibility index (Phi) is 5.28. The Labute approximate surface area is 186 Å². The Morgan fingerprint density at radius 1 is 1.00 bits per heavy atom. The third-order valence-electron chi connectivity index (χ3n) is 5.46. The first-order chi connectivity index (χ1) is 15.5. The average molecular weight is 450 g/mol. The number of sulfone groups is 1. The second kappa shape index (κ2) is 8.25. The Balaban J connectivity index is 1.42. The molecule has 2 aromatic heterocycles. The molecular formula is C23H23N5O3S. The molecule has 4 aromatic rings. The number of rotatable bonds is 5. The minimum absolute atomic E-state index is 0.276. The minimum atomic E-state index is -3.30. The standard InChI is InChI=1S/C23H23N5O3S/c1-32(29,30)21-4-2-3-17(15-21)22-10-9-20-16-24-23(26-28(20)22)25-18-5-7-19(8-6-18)27-11-13-31-14-12-27/h2-10,15-16H,11-14H2,1H3,(H,25,26). The summed E-state index contributed by atoms with van der Waals surface area (Å²) in [4.78, 5) is 6.99. The van der Waals surface area contributed by atoms with Crippen LogP contribution < -0.4 is 10.2 Å². The molecule has 1 saturated heterocycles. The fourth-order valence-corrected chi connectivity index (χ4v) is 4.44. The average Bonchev–Trinajstić information content (AvgIpc) is 3.23. The second-order valence-electron chi connectivity index (χ2n) is 7.71. The van der Waals surface area contributed by atoms with Crippen molar-refractivity contribution < 1.29 is 13.2 Å². The summed E-state index contributed by atoms with van der Waals surface area (Å²) in [6.45, 7) is 3.29. The molecule has 8 nitrogen and oxygen atoms in total. The number of aromatic nitrogens is 3. The number of nitrogens with one attached hydrogen (secondary N) is 1. The van der Waals surface area contributed by atoms with Gasteiger partial charge in [-0.3, -0.25) is 0 Å². The van der Waals surface area contributed by atoms with Crippen LogP contribution in [0.2, 0.25) is 0 Å². The van der Waals surface area contributed by atoms with Gasteiger partial charge in [-0.05, 0) is 48.5 Å². The molecular weight excluding hydrogens is 426 g/mol. The van der Waals surface area contributed by atoms with Gasteiger partial charge < -0.3 is 15.0 Å². The van der Waals surface area contributed by atoms with Crippen molar-refractivity contribution in [3.05, 3.63) is 66.9 Å². The third kappa shape index (κ3) is 4.17. The molecule has 9 heteroatoms. The first-order valence-corrected chi connectivity index (χ1v) is 12.2. The molecule has 0 unspecified atom stereocenters. The van der Waals surface area contributed by atoms with Crippen molar-refractivity contribution in [2.45, 2.75) is 4.90 Å². The molecule has 0 bridgehead atoms. The lowest BCUT2D eigenvalue weighted by Crippen LogP contribution is -2.36. The van der Waals surface area contributed by atoms with Crippen molar-refractivity contribution in [1.29, 1.82) is 0 Å². The van der Waals surface area contributed by atoms with E-state index in [9.17, 15) is 8.42 Å². The molecule has 1 aliphatic heterocycles. The lowest BCUT2D eigenvalue weighted by Gasteiger charge is -2.28. The van der Waals surface area contributed by atoms with Crippen molar-refractivity contribution in [3.63, 3.8) is 0 Å². The summed E-state index contributed by atoms with van der Waals surface area (Å²) in [5.74, 6) is 0.452. The van der Waals surface area contributed by atoms with Gasteiger partial charge in [-0.2, -0.15) is 0 Å². The highest BCUT2D eigenvalue weighted by Crippen LogP contribution is 2.25. The molecule has 32 heavy (non-hydrogen) atoms. The monoisotopic (exact) mass is 449 g/mol. The molecule has 1 fully saturated rings. The molecule has 0 radical (unpaired) electrons. The largest absolute Gasteiger partial charge is 0.378 e. The zero-order chi connectivity index (χ0) is 22.1. The maximum absolute atomic E-state index is 11.9. The molecule has 164 valence electrons. The quantitative estimate of drug-likeness (QED) is 0.500. The normalized spacial score (nSPS) is 14.6. The summed E-state index contributed by atoms with van der Waals surface area (Å²) in [5, 5.41) is 7.88. The lowest BCUT2D eigenvalue weighted by molar-refractivity contribution is 0.122. The van der Waals surface area contributed by atoms with Crippen LogP contribution >= 0.6 is 0 Å². The molecule has 3 heterocycles. The van der Waals surface area contributed by atoms with Gasteiger partial charge in [-0.1, -0.05) is 12.1 Å². The molecule has 0 aliphatic carbocycles. The Hall–Kier alpha value is -3.43. The maximum Gasteiger partial charge on any atom is 0.245 e. The van der Waals surface area contributed by atoms with Gasteiger partial charge in [0.15, 0.2) is 9.84 Å². The van der Waals surface area contributed by atoms with E-state index in [-0.39, 0.29) is 4.90 Å².